The largest absolute Gasteiger partial charge is 0.379 e. The van der Waals surface area contributed by atoms with E-state index in [-0.39, 0.29) is 11.7 Å². The lowest BCUT2D eigenvalue weighted by atomic mass is 10.1. The number of aryl methyl sites for hydroxylation is 1. The van der Waals surface area contributed by atoms with E-state index in [9.17, 15) is 4.79 Å². The third-order valence-electron chi connectivity index (χ3n) is 3.44. The van der Waals surface area contributed by atoms with Gasteiger partial charge in [0.2, 0.25) is 0 Å². The number of aromatic amines is 1. The first kappa shape index (κ1) is 10.6. The zero-order chi connectivity index (χ0) is 11.8. The summed E-state index contributed by atoms with van der Waals surface area (Å²) in [6.45, 7) is 3.49. The van der Waals surface area contributed by atoms with Gasteiger partial charge in [-0.25, -0.2) is 4.79 Å². The van der Waals surface area contributed by atoms with E-state index in [1.165, 1.54) is 0 Å². The Labute approximate surface area is 99.2 Å². The number of aromatic nitrogens is 2. The molecular weight excluding hydrogens is 216 g/mol. The van der Waals surface area contributed by atoms with Crippen LogP contribution in [0.2, 0.25) is 0 Å². The molecule has 3 rings (SSSR count). The lowest BCUT2D eigenvalue weighted by molar-refractivity contribution is 0.0594. The molecule has 0 spiro atoms. The van der Waals surface area contributed by atoms with E-state index in [0.29, 0.717) is 6.61 Å². The lowest BCUT2D eigenvalue weighted by Gasteiger charge is -2.23. The van der Waals surface area contributed by atoms with Crippen molar-refractivity contribution in [3.63, 3.8) is 0 Å². The van der Waals surface area contributed by atoms with Gasteiger partial charge in [-0.3, -0.25) is 4.57 Å². The Hall–Kier alpha value is -1.55. The minimum atomic E-state index is -0.0233. The van der Waals surface area contributed by atoms with Crippen LogP contribution in [0.1, 0.15) is 24.4 Å². The predicted molar refractivity (Wildman–Crippen MR) is 66.4 cm³/mol. The van der Waals surface area contributed by atoms with Crippen molar-refractivity contribution in [2.75, 3.05) is 13.2 Å². The molecular formula is C13H16N2O2. The Balaban J connectivity index is 2.20. The van der Waals surface area contributed by atoms with Crippen LogP contribution in [0.3, 0.4) is 0 Å². The van der Waals surface area contributed by atoms with Gasteiger partial charge in [-0.1, -0.05) is 12.1 Å². The SMILES string of the molecule is Cc1cccc2[nH]c(=O)n(C3CCCOC3)c12. The van der Waals surface area contributed by atoms with Crippen molar-refractivity contribution in [2.45, 2.75) is 25.8 Å². The normalized spacial score (nSPS) is 20.9. The van der Waals surface area contributed by atoms with Crippen molar-refractivity contribution in [1.82, 2.24) is 9.55 Å². The van der Waals surface area contributed by atoms with Crippen LogP contribution in [-0.2, 0) is 4.74 Å². The second-order valence-electron chi connectivity index (χ2n) is 4.64. The number of benzene rings is 1. The van der Waals surface area contributed by atoms with Crippen molar-refractivity contribution >= 4 is 11.0 Å². The molecule has 1 aromatic heterocycles. The van der Waals surface area contributed by atoms with Crippen LogP contribution in [0, 0.1) is 6.92 Å². The number of nitrogens with zero attached hydrogens (tertiary/aromatic N) is 1. The first-order valence-electron chi connectivity index (χ1n) is 6.05. The minimum absolute atomic E-state index is 0.0233. The first-order valence-corrected chi connectivity index (χ1v) is 6.05. The molecule has 17 heavy (non-hydrogen) atoms. The Morgan fingerprint density at radius 3 is 3.12 bits per heavy atom. The summed E-state index contributed by atoms with van der Waals surface area (Å²) in [5.74, 6) is 0. The highest BCUT2D eigenvalue weighted by Crippen LogP contribution is 2.24. The molecule has 1 unspecified atom stereocenters. The Kier molecular flexibility index (Phi) is 2.52. The van der Waals surface area contributed by atoms with Crippen molar-refractivity contribution in [3.05, 3.63) is 34.2 Å². The third kappa shape index (κ3) is 1.69. The molecule has 0 amide bonds. The molecule has 1 aliphatic rings. The molecule has 1 fully saturated rings. The minimum Gasteiger partial charge on any atom is -0.379 e. The summed E-state index contributed by atoms with van der Waals surface area (Å²) in [7, 11) is 0. The third-order valence-corrected chi connectivity index (χ3v) is 3.44. The average Bonchev–Trinajstić information content (AvgIpc) is 2.68. The van der Waals surface area contributed by atoms with Gasteiger partial charge in [0.25, 0.3) is 0 Å². The van der Waals surface area contributed by atoms with Crippen LogP contribution < -0.4 is 5.69 Å². The molecule has 1 atom stereocenters. The van der Waals surface area contributed by atoms with Crippen molar-refractivity contribution in [2.24, 2.45) is 0 Å². The number of hydrogen-bond donors (Lipinski definition) is 1. The van der Waals surface area contributed by atoms with Gasteiger partial charge in [0, 0.05) is 6.61 Å². The standard InChI is InChI=1S/C13H16N2O2/c1-9-4-2-6-11-12(9)15(13(16)14-11)10-5-3-7-17-8-10/h2,4,6,10H,3,5,7-8H2,1H3,(H,14,16). The number of rotatable bonds is 1. The van der Waals surface area contributed by atoms with Gasteiger partial charge in [-0.15, -0.1) is 0 Å². The van der Waals surface area contributed by atoms with Crippen LogP contribution in [0.25, 0.3) is 11.0 Å². The van der Waals surface area contributed by atoms with E-state index < -0.39 is 0 Å². The lowest BCUT2D eigenvalue weighted by Crippen LogP contribution is -2.28. The van der Waals surface area contributed by atoms with E-state index in [1.807, 2.05) is 29.7 Å². The Morgan fingerprint density at radius 1 is 1.47 bits per heavy atom. The molecule has 0 bridgehead atoms. The van der Waals surface area contributed by atoms with Crippen molar-refractivity contribution in [1.29, 1.82) is 0 Å². The second kappa shape index (κ2) is 4.04. The van der Waals surface area contributed by atoms with E-state index in [0.717, 1.165) is 36.0 Å². The van der Waals surface area contributed by atoms with Gasteiger partial charge in [0.05, 0.1) is 23.7 Å². The van der Waals surface area contributed by atoms with Crippen molar-refractivity contribution < 1.29 is 4.74 Å². The maximum Gasteiger partial charge on any atom is 0.326 e. The number of H-pyrrole nitrogens is 1. The monoisotopic (exact) mass is 232 g/mol. The van der Waals surface area contributed by atoms with Crippen LogP contribution in [0.5, 0.6) is 0 Å². The van der Waals surface area contributed by atoms with E-state index in [1.54, 1.807) is 0 Å². The topological polar surface area (TPSA) is 47.0 Å². The highest BCUT2D eigenvalue weighted by atomic mass is 16.5. The summed E-state index contributed by atoms with van der Waals surface area (Å²) in [5.41, 5.74) is 3.05. The fraction of sp³-hybridized carbons (Fsp3) is 0.462. The molecule has 1 aliphatic heterocycles. The number of imidazole rings is 1. The van der Waals surface area contributed by atoms with E-state index >= 15 is 0 Å². The summed E-state index contributed by atoms with van der Waals surface area (Å²) in [4.78, 5) is 15.0. The zero-order valence-electron chi connectivity index (χ0n) is 9.90. The summed E-state index contributed by atoms with van der Waals surface area (Å²) in [6, 6.07) is 6.13. The average molecular weight is 232 g/mol. The molecule has 4 heteroatoms. The Bertz CT molecular complexity index is 591. The van der Waals surface area contributed by atoms with Gasteiger partial charge < -0.3 is 9.72 Å². The molecule has 0 aliphatic carbocycles. The second-order valence-corrected chi connectivity index (χ2v) is 4.64. The van der Waals surface area contributed by atoms with Gasteiger partial charge in [0.1, 0.15) is 0 Å². The fourth-order valence-corrected chi connectivity index (χ4v) is 2.63. The highest BCUT2D eigenvalue weighted by molar-refractivity contribution is 5.78. The van der Waals surface area contributed by atoms with Gasteiger partial charge >= 0.3 is 5.69 Å². The molecule has 0 saturated carbocycles. The first-order chi connectivity index (χ1) is 8.27. The highest BCUT2D eigenvalue weighted by Gasteiger charge is 2.20. The molecule has 2 aromatic rings. The molecule has 4 nitrogen and oxygen atoms in total. The summed E-state index contributed by atoms with van der Waals surface area (Å²) >= 11 is 0. The number of hydrogen-bond acceptors (Lipinski definition) is 2. The van der Waals surface area contributed by atoms with Crippen LogP contribution in [0.4, 0.5) is 0 Å². The van der Waals surface area contributed by atoms with Crippen LogP contribution >= 0.6 is 0 Å². The van der Waals surface area contributed by atoms with Gasteiger partial charge in [-0.2, -0.15) is 0 Å². The zero-order valence-corrected chi connectivity index (χ0v) is 9.90. The fourth-order valence-electron chi connectivity index (χ4n) is 2.63. The maximum atomic E-state index is 12.0. The molecule has 1 N–H and O–H groups in total. The number of para-hydroxylation sites is 1. The summed E-state index contributed by atoms with van der Waals surface area (Å²) < 4.78 is 7.34. The molecule has 0 radical (unpaired) electrons. The molecule has 2 heterocycles. The molecule has 1 saturated heterocycles. The van der Waals surface area contributed by atoms with Crippen LogP contribution in [0.15, 0.2) is 23.0 Å². The molecule has 1 aromatic carbocycles. The summed E-state index contributed by atoms with van der Waals surface area (Å²) in [5, 5.41) is 0. The maximum absolute atomic E-state index is 12.0. The Morgan fingerprint density at radius 2 is 2.35 bits per heavy atom. The molecule has 90 valence electrons. The smallest absolute Gasteiger partial charge is 0.326 e. The van der Waals surface area contributed by atoms with E-state index in [4.69, 9.17) is 4.74 Å². The summed E-state index contributed by atoms with van der Waals surface area (Å²) in [6.07, 6.45) is 2.04. The number of ether oxygens (including phenoxy) is 1. The quantitative estimate of drug-likeness (QED) is 0.817. The number of nitrogens with one attached hydrogen (secondary N) is 1. The van der Waals surface area contributed by atoms with Gasteiger partial charge in [0.15, 0.2) is 0 Å². The van der Waals surface area contributed by atoms with Gasteiger partial charge in [-0.05, 0) is 31.4 Å². The van der Waals surface area contributed by atoms with Crippen LogP contribution in [-0.4, -0.2) is 22.8 Å². The predicted octanol–water partition coefficient (Wildman–Crippen LogP) is 1.99. The number of fused-ring (bicyclic) bond motifs is 1. The van der Waals surface area contributed by atoms with E-state index in [2.05, 4.69) is 4.98 Å². The van der Waals surface area contributed by atoms with Crippen molar-refractivity contribution in [3.8, 4) is 0 Å².